The smallest absolute Gasteiger partial charge is 0.326 e. The Morgan fingerprint density at radius 3 is 2.55 bits per heavy atom. The first-order chi connectivity index (χ1) is 9.35. The van der Waals surface area contributed by atoms with Crippen molar-refractivity contribution in [3.8, 4) is 0 Å². The lowest BCUT2D eigenvalue weighted by Gasteiger charge is -2.13. The minimum Gasteiger partial charge on any atom is -0.480 e. The molecule has 0 radical (unpaired) electrons. The molecule has 0 aliphatic carbocycles. The van der Waals surface area contributed by atoms with Gasteiger partial charge in [0.2, 0.25) is 0 Å². The van der Waals surface area contributed by atoms with E-state index in [1.165, 1.54) is 0 Å². The maximum atomic E-state index is 13.2. The quantitative estimate of drug-likeness (QED) is 0.509. The molecule has 0 saturated heterocycles. The Morgan fingerprint density at radius 1 is 1.40 bits per heavy atom. The lowest BCUT2D eigenvalue weighted by Crippen LogP contribution is -2.41. The molecule has 1 amide bonds. The molecule has 3 N–H and O–H groups in total. The molecule has 0 heterocycles. The first-order valence-electron chi connectivity index (χ1n) is 5.44. The minimum atomic E-state index is -1.38. The number of amides is 1. The molecule has 20 heavy (non-hydrogen) atoms. The number of benzene rings is 1. The average Bonchev–Trinajstić information content (AvgIpc) is 2.37. The number of rotatable bonds is 6. The van der Waals surface area contributed by atoms with E-state index in [4.69, 9.17) is 10.2 Å². The zero-order chi connectivity index (χ0) is 15.3. The summed E-state index contributed by atoms with van der Waals surface area (Å²) in [7, 11) is 0. The number of carboxylic acids is 1. The van der Waals surface area contributed by atoms with Gasteiger partial charge < -0.3 is 15.5 Å². The van der Waals surface area contributed by atoms with Gasteiger partial charge in [-0.15, -0.1) is 0 Å². The number of carbonyl (C=O) groups is 2. The number of aliphatic hydroxyl groups excluding tert-OH is 1. The van der Waals surface area contributed by atoms with Gasteiger partial charge in [0.15, 0.2) is 0 Å². The molecule has 9 heteroatoms. The van der Waals surface area contributed by atoms with Gasteiger partial charge in [0.1, 0.15) is 11.9 Å². The second-order valence-electron chi connectivity index (χ2n) is 3.83. The van der Waals surface area contributed by atoms with Crippen LogP contribution in [0, 0.1) is 15.9 Å². The number of hydrogen-bond donors (Lipinski definition) is 3. The minimum absolute atomic E-state index is 0.238. The Balaban J connectivity index is 2.97. The number of nitro groups is 1. The van der Waals surface area contributed by atoms with Crippen LogP contribution in [0.25, 0.3) is 0 Å². The van der Waals surface area contributed by atoms with Crippen molar-refractivity contribution in [2.24, 2.45) is 0 Å². The first kappa shape index (κ1) is 15.5. The number of carbonyl (C=O) groups excluding carboxylic acids is 1. The van der Waals surface area contributed by atoms with Crippen LogP contribution in [0.4, 0.5) is 10.1 Å². The van der Waals surface area contributed by atoms with Gasteiger partial charge in [-0.1, -0.05) is 0 Å². The highest BCUT2D eigenvalue weighted by atomic mass is 19.1. The highest BCUT2D eigenvalue weighted by Gasteiger charge is 2.21. The Kier molecular flexibility index (Phi) is 5.09. The van der Waals surface area contributed by atoms with Crippen molar-refractivity contribution in [3.63, 3.8) is 0 Å². The van der Waals surface area contributed by atoms with Gasteiger partial charge in [0.25, 0.3) is 11.6 Å². The molecule has 0 aromatic heterocycles. The van der Waals surface area contributed by atoms with E-state index in [9.17, 15) is 24.1 Å². The predicted molar refractivity (Wildman–Crippen MR) is 63.6 cm³/mol. The van der Waals surface area contributed by atoms with E-state index in [0.29, 0.717) is 6.07 Å². The van der Waals surface area contributed by atoms with Gasteiger partial charge in [0.05, 0.1) is 11.0 Å². The van der Waals surface area contributed by atoms with Crippen molar-refractivity contribution in [2.75, 3.05) is 6.61 Å². The van der Waals surface area contributed by atoms with Crippen LogP contribution in [0.2, 0.25) is 0 Å². The van der Waals surface area contributed by atoms with E-state index in [2.05, 4.69) is 0 Å². The largest absolute Gasteiger partial charge is 0.480 e. The second-order valence-corrected chi connectivity index (χ2v) is 3.83. The summed E-state index contributed by atoms with van der Waals surface area (Å²) < 4.78 is 13.2. The Hall–Kier alpha value is -2.55. The number of aliphatic hydroxyl groups is 1. The van der Waals surface area contributed by atoms with Crippen LogP contribution in [0.15, 0.2) is 18.2 Å². The molecule has 0 saturated carbocycles. The van der Waals surface area contributed by atoms with Crippen LogP contribution in [-0.2, 0) is 4.79 Å². The topological polar surface area (TPSA) is 130 Å². The predicted octanol–water partition coefficient (Wildman–Crippen LogP) is 0.299. The van der Waals surface area contributed by atoms with Crippen molar-refractivity contribution >= 4 is 17.6 Å². The van der Waals surface area contributed by atoms with Gasteiger partial charge in [-0.05, 0) is 6.07 Å². The monoisotopic (exact) mass is 286 g/mol. The van der Waals surface area contributed by atoms with Gasteiger partial charge >= 0.3 is 5.97 Å². The van der Waals surface area contributed by atoms with Gasteiger partial charge in [-0.25, -0.2) is 9.18 Å². The fourth-order valence-corrected chi connectivity index (χ4v) is 1.44. The van der Waals surface area contributed by atoms with E-state index in [1.807, 2.05) is 5.32 Å². The summed E-state index contributed by atoms with van der Waals surface area (Å²) in [6.45, 7) is -0.472. The van der Waals surface area contributed by atoms with E-state index >= 15 is 0 Å². The summed E-state index contributed by atoms with van der Waals surface area (Å²) in [5.41, 5.74) is -0.995. The molecule has 1 rings (SSSR count). The molecule has 0 bridgehead atoms. The van der Waals surface area contributed by atoms with Crippen molar-refractivity contribution in [1.82, 2.24) is 5.32 Å². The first-order valence-corrected chi connectivity index (χ1v) is 5.44. The van der Waals surface area contributed by atoms with Crippen LogP contribution >= 0.6 is 0 Å². The molecule has 0 unspecified atom stereocenters. The SMILES string of the molecule is O=C(N[C@H](CCO)C(=O)O)c1cc(F)cc([N+](=O)[O-])c1. The molecule has 1 aromatic rings. The molecule has 1 aromatic carbocycles. The van der Waals surface area contributed by atoms with Crippen LogP contribution in [-0.4, -0.2) is 39.7 Å². The fourth-order valence-electron chi connectivity index (χ4n) is 1.44. The van der Waals surface area contributed by atoms with E-state index in [1.54, 1.807) is 0 Å². The van der Waals surface area contributed by atoms with Gasteiger partial charge in [0, 0.05) is 24.7 Å². The molecular formula is C11H11FN2O6. The molecule has 0 aliphatic heterocycles. The second kappa shape index (κ2) is 6.57. The maximum Gasteiger partial charge on any atom is 0.326 e. The number of non-ortho nitro benzene ring substituents is 1. The third-order valence-electron chi connectivity index (χ3n) is 2.38. The number of nitrogens with zero attached hydrogens (tertiary/aromatic N) is 1. The summed E-state index contributed by atoms with van der Waals surface area (Å²) in [6, 6.07) is 0.852. The van der Waals surface area contributed by atoms with Crippen molar-refractivity contribution < 1.29 is 29.1 Å². The van der Waals surface area contributed by atoms with Crippen LogP contribution in [0.1, 0.15) is 16.8 Å². The molecule has 0 spiro atoms. The third-order valence-corrected chi connectivity index (χ3v) is 2.38. The number of hydrogen-bond acceptors (Lipinski definition) is 5. The summed E-state index contributed by atoms with van der Waals surface area (Å²) in [4.78, 5) is 32.2. The lowest BCUT2D eigenvalue weighted by atomic mass is 10.1. The normalized spacial score (nSPS) is 11.7. The number of nitro benzene ring substituents is 1. The number of halogens is 1. The Bertz CT molecular complexity index is 548. The van der Waals surface area contributed by atoms with Crippen molar-refractivity contribution in [2.45, 2.75) is 12.5 Å². The molecule has 0 aliphatic rings. The van der Waals surface area contributed by atoms with Crippen LogP contribution in [0.3, 0.4) is 0 Å². The average molecular weight is 286 g/mol. The Morgan fingerprint density at radius 2 is 2.05 bits per heavy atom. The van der Waals surface area contributed by atoms with Crippen LogP contribution in [0.5, 0.6) is 0 Å². The number of aliphatic carboxylic acids is 1. The molecule has 8 nitrogen and oxygen atoms in total. The zero-order valence-electron chi connectivity index (χ0n) is 10.1. The zero-order valence-corrected chi connectivity index (χ0v) is 10.1. The Labute approximate surface area is 112 Å². The summed E-state index contributed by atoms with van der Waals surface area (Å²) in [5.74, 6) is -3.34. The standard InChI is InChI=1S/C11H11FN2O6/c12-7-3-6(4-8(5-7)14(19)20)10(16)13-9(1-2-15)11(17)18/h3-5,9,15H,1-2H2,(H,13,16)(H,17,18)/t9-/m1/s1. The molecule has 0 fully saturated rings. The molecule has 1 atom stereocenters. The van der Waals surface area contributed by atoms with Crippen molar-refractivity contribution in [3.05, 3.63) is 39.7 Å². The van der Waals surface area contributed by atoms with Crippen LogP contribution < -0.4 is 5.32 Å². The number of nitrogens with one attached hydrogen (secondary N) is 1. The summed E-state index contributed by atoms with van der Waals surface area (Å²) >= 11 is 0. The van der Waals surface area contributed by atoms with Gasteiger partial charge in [-0.2, -0.15) is 0 Å². The van der Waals surface area contributed by atoms with E-state index < -0.39 is 41.0 Å². The summed E-state index contributed by atoms with van der Waals surface area (Å²) in [5, 5.41) is 30.0. The lowest BCUT2D eigenvalue weighted by molar-refractivity contribution is -0.385. The highest BCUT2D eigenvalue weighted by molar-refractivity contribution is 5.97. The summed E-state index contributed by atoms with van der Waals surface area (Å²) in [6.07, 6.45) is -0.238. The van der Waals surface area contributed by atoms with E-state index in [0.717, 1.165) is 12.1 Å². The fraction of sp³-hybridized carbons (Fsp3) is 0.273. The maximum absolute atomic E-state index is 13.2. The molecule has 108 valence electrons. The number of carboxylic acid groups (broad SMARTS) is 1. The third kappa shape index (κ3) is 3.99. The van der Waals surface area contributed by atoms with Crippen molar-refractivity contribution in [1.29, 1.82) is 0 Å². The van der Waals surface area contributed by atoms with Gasteiger partial charge in [-0.3, -0.25) is 14.9 Å². The van der Waals surface area contributed by atoms with E-state index in [-0.39, 0.29) is 12.0 Å². The molecular weight excluding hydrogens is 275 g/mol. The highest BCUT2D eigenvalue weighted by Crippen LogP contribution is 2.16.